The predicted molar refractivity (Wildman–Crippen MR) is 152 cm³/mol. The summed E-state index contributed by atoms with van der Waals surface area (Å²) < 4.78 is 56.1. The molecule has 2 aliphatic rings. The van der Waals surface area contributed by atoms with E-state index in [2.05, 4.69) is 9.97 Å². The van der Waals surface area contributed by atoms with Gasteiger partial charge in [0.15, 0.2) is 5.82 Å². The SMILES string of the molecule is CCOP(=O)(O)OC(C)(C)c1ncc(-c2ccc3nc4n(c3c2)C2C[C@H]4N(CC)C(=O)c3cccc(OC(F)F)c32)cn1. The van der Waals surface area contributed by atoms with Crippen molar-refractivity contribution in [2.24, 2.45) is 0 Å². The Morgan fingerprint density at radius 3 is 2.53 bits per heavy atom. The molecule has 0 spiro atoms. The summed E-state index contributed by atoms with van der Waals surface area (Å²) in [6.07, 6.45) is 3.65. The van der Waals surface area contributed by atoms with Crippen LogP contribution in [0.2, 0.25) is 0 Å². The second kappa shape index (κ2) is 10.7. The fourth-order valence-corrected chi connectivity index (χ4v) is 7.07. The molecule has 0 radical (unpaired) electrons. The molecule has 43 heavy (non-hydrogen) atoms. The van der Waals surface area contributed by atoms with Crippen LogP contribution in [0.3, 0.4) is 0 Å². The summed E-state index contributed by atoms with van der Waals surface area (Å²) in [4.78, 5) is 38.9. The first-order valence-corrected chi connectivity index (χ1v) is 15.3. The van der Waals surface area contributed by atoms with Crippen molar-refractivity contribution in [3.05, 3.63) is 71.6 Å². The molecule has 3 atom stereocenters. The minimum Gasteiger partial charge on any atom is -0.434 e. The number of phosphoric ester groups is 1. The Morgan fingerprint density at radius 1 is 1.12 bits per heavy atom. The van der Waals surface area contributed by atoms with E-state index in [1.807, 2.05) is 29.7 Å². The zero-order chi connectivity index (χ0) is 30.7. The van der Waals surface area contributed by atoms with Crippen LogP contribution in [0.1, 0.15) is 73.8 Å². The predicted octanol–water partition coefficient (Wildman–Crippen LogP) is 5.99. The van der Waals surface area contributed by atoms with E-state index < -0.39 is 26.1 Å². The van der Waals surface area contributed by atoms with E-state index in [0.717, 1.165) is 11.1 Å². The maximum atomic E-state index is 13.6. The molecule has 1 amide bonds. The van der Waals surface area contributed by atoms with Crippen molar-refractivity contribution in [3.63, 3.8) is 0 Å². The van der Waals surface area contributed by atoms with Gasteiger partial charge in [-0.3, -0.25) is 13.8 Å². The van der Waals surface area contributed by atoms with Crippen LogP contribution in [0.25, 0.3) is 22.2 Å². The Morgan fingerprint density at radius 2 is 1.86 bits per heavy atom. The summed E-state index contributed by atoms with van der Waals surface area (Å²) >= 11 is 0. The number of aromatic nitrogens is 4. The fourth-order valence-electron chi connectivity index (χ4n) is 6.03. The van der Waals surface area contributed by atoms with E-state index in [9.17, 15) is 23.0 Å². The number of nitrogens with zero attached hydrogens (tertiary/aromatic N) is 5. The lowest BCUT2D eigenvalue weighted by molar-refractivity contribution is -0.0507. The normalized spacial score (nSPS) is 19.3. The van der Waals surface area contributed by atoms with Gasteiger partial charge in [0.1, 0.15) is 17.2 Å². The first kappa shape index (κ1) is 29.3. The molecular formula is C29H30F2N5O6P. The number of hydrogen-bond acceptors (Lipinski definition) is 8. The lowest BCUT2D eigenvalue weighted by Gasteiger charge is -2.27. The standard InChI is InChI=1S/C29H30F2N5O6P/c1-5-35-22-13-21(24-18(26(35)37)8-7-9-23(24)41-28(30)31)36-20-12-16(10-11-19(20)34-25(22)36)17-14-32-27(33-15-17)29(3,4)42-43(38,39)40-6-2/h7-12,14-15,21-22,28H,5-6,13H2,1-4H3,(H,38,39)/t21?,22-/m1/s1. The van der Waals surface area contributed by atoms with Crippen molar-refractivity contribution in [1.29, 1.82) is 0 Å². The average molecular weight is 614 g/mol. The van der Waals surface area contributed by atoms with Gasteiger partial charge in [-0.15, -0.1) is 0 Å². The van der Waals surface area contributed by atoms with E-state index in [4.69, 9.17) is 18.8 Å². The molecule has 14 heteroatoms. The molecule has 2 bridgehead atoms. The molecule has 2 unspecified atom stereocenters. The monoisotopic (exact) mass is 613 g/mol. The van der Waals surface area contributed by atoms with Gasteiger partial charge in [0.05, 0.1) is 29.7 Å². The van der Waals surface area contributed by atoms with Crippen LogP contribution in [0.15, 0.2) is 48.8 Å². The number of ether oxygens (including phenoxy) is 1. The number of carbonyl (C=O) groups excluding carboxylic acids is 1. The van der Waals surface area contributed by atoms with Gasteiger partial charge in [0.2, 0.25) is 0 Å². The number of carbonyl (C=O) groups is 1. The smallest absolute Gasteiger partial charge is 0.434 e. The minimum atomic E-state index is -4.30. The van der Waals surface area contributed by atoms with Crippen molar-refractivity contribution < 1.29 is 36.8 Å². The number of imidazole rings is 1. The summed E-state index contributed by atoms with van der Waals surface area (Å²) in [5, 5.41) is 0. The van der Waals surface area contributed by atoms with Gasteiger partial charge in [-0.05, 0) is 57.5 Å². The molecular weight excluding hydrogens is 583 g/mol. The Kier molecular flexibility index (Phi) is 7.32. The van der Waals surface area contributed by atoms with Gasteiger partial charge in [-0.2, -0.15) is 8.78 Å². The van der Waals surface area contributed by atoms with Crippen LogP contribution in [0, 0.1) is 0 Å². The number of halogens is 2. The van der Waals surface area contributed by atoms with E-state index in [-0.39, 0.29) is 30.1 Å². The maximum Gasteiger partial charge on any atom is 0.473 e. The third-order valence-corrected chi connectivity index (χ3v) is 9.03. The minimum absolute atomic E-state index is 0.00492. The van der Waals surface area contributed by atoms with Crippen LogP contribution >= 0.6 is 7.82 Å². The molecule has 1 N–H and O–H groups in total. The number of rotatable bonds is 9. The Balaban J connectivity index is 1.42. The van der Waals surface area contributed by atoms with E-state index in [1.165, 1.54) is 6.07 Å². The van der Waals surface area contributed by atoms with Crippen LogP contribution in [-0.2, 0) is 19.2 Å². The maximum absolute atomic E-state index is 13.6. The third kappa shape index (κ3) is 5.10. The van der Waals surface area contributed by atoms with E-state index in [1.54, 1.807) is 50.2 Å². The van der Waals surface area contributed by atoms with Crippen molar-refractivity contribution in [3.8, 4) is 16.9 Å². The van der Waals surface area contributed by atoms with Gasteiger partial charge in [0, 0.05) is 42.0 Å². The summed E-state index contributed by atoms with van der Waals surface area (Å²) in [5.74, 6) is 0.595. The van der Waals surface area contributed by atoms with Crippen LogP contribution in [0.4, 0.5) is 8.78 Å². The lowest BCUT2D eigenvalue weighted by atomic mass is 9.97. The summed E-state index contributed by atoms with van der Waals surface area (Å²) in [5.41, 5.74) is 2.32. The van der Waals surface area contributed by atoms with Crippen LogP contribution < -0.4 is 4.74 Å². The van der Waals surface area contributed by atoms with E-state index >= 15 is 0 Å². The van der Waals surface area contributed by atoms with Gasteiger partial charge >= 0.3 is 14.4 Å². The first-order chi connectivity index (χ1) is 20.4. The molecule has 4 heterocycles. The molecule has 226 valence electrons. The Labute approximate surface area is 246 Å². The van der Waals surface area contributed by atoms with E-state index in [0.29, 0.717) is 41.0 Å². The molecule has 0 aliphatic carbocycles. The topological polar surface area (TPSA) is 129 Å². The van der Waals surface area contributed by atoms with Gasteiger partial charge in [-0.1, -0.05) is 12.1 Å². The first-order valence-electron chi connectivity index (χ1n) is 13.9. The molecule has 6 rings (SSSR count). The Bertz CT molecular complexity index is 1760. The van der Waals surface area contributed by atoms with Gasteiger partial charge < -0.3 is 19.1 Å². The summed E-state index contributed by atoms with van der Waals surface area (Å²) in [6, 6.07) is 9.52. The zero-order valence-electron chi connectivity index (χ0n) is 23.9. The Hall–Kier alpha value is -3.77. The molecule has 0 saturated heterocycles. The van der Waals surface area contributed by atoms with Crippen molar-refractivity contribution in [2.45, 2.75) is 58.4 Å². The zero-order valence-corrected chi connectivity index (χ0v) is 24.8. The van der Waals surface area contributed by atoms with Gasteiger partial charge in [-0.25, -0.2) is 19.5 Å². The second-order valence-corrected chi connectivity index (χ2v) is 12.2. The molecule has 2 aromatic carbocycles. The number of phosphoric acid groups is 1. The molecule has 0 saturated carbocycles. The summed E-state index contributed by atoms with van der Waals surface area (Å²) in [6.45, 7) is 3.99. The lowest BCUT2D eigenvalue weighted by Crippen LogP contribution is -2.34. The molecule has 11 nitrogen and oxygen atoms in total. The molecule has 0 fully saturated rings. The van der Waals surface area contributed by atoms with Crippen molar-refractivity contribution in [1.82, 2.24) is 24.4 Å². The fraction of sp³-hybridized carbons (Fsp3) is 0.379. The highest BCUT2D eigenvalue weighted by Crippen LogP contribution is 2.51. The number of fused-ring (bicyclic) bond motifs is 9. The second-order valence-electron chi connectivity index (χ2n) is 10.8. The van der Waals surface area contributed by atoms with Crippen LogP contribution in [0.5, 0.6) is 5.75 Å². The summed E-state index contributed by atoms with van der Waals surface area (Å²) in [7, 11) is -4.30. The highest BCUT2D eigenvalue weighted by molar-refractivity contribution is 7.47. The number of hydrogen-bond donors (Lipinski definition) is 1. The largest absolute Gasteiger partial charge is 0.473 e. The number of amides is 1. The quantitative estimate of drug-likeness (QED) is 0.226. The average Bonchev–Trinajstić information content (AvgIpc) is 3.46. The molecule has 2 aromatic heterocycles. The van der Waals surface area contributed by atoms with Crippen LogP contribution in [-0.4, -0.2) is 55.0 Å². The van der Waals surface area contributed by atoms with Gasteiger partial charge in [0.25, 0.3) is 5.91 Å². The molecule has 2 aliphatic heterocycles. The van der Waals surface area contributed by atoms with Crippen molar-refractivity contribution >= 4 is 24.8 Å². The molecule has 4 aromatic rings. The number of benzene rings is 2. The highest BCUT2D eigenvalue weighted by atomic mass is 31.2. The third-order valence-electron chi connectivity index (χ3n) is 7.76. The number of alkyl halides is 2. The van der Waals surface area contributed by atoms with Crippen molar-refractivity contribution in [2.75, 3.05) is 13.2 Å². The highest BCUT2D eigenvalue weighted by Gasteiger charge is 2.45.